The molecule has 4 heteroatoms. The number of hydrogen-bond acceptors (Lipinski definition) is 2. The van der Waals surface area contributed by atoms with E-state index in [0.29, 0.717) is 11.3 Å². The maximum absolute atomic E-state index is 12.3. The molecular weight excluding hydrogens is 221 g/mol. The third kappa shape index (κ3) is 2.30. The number of aromatic amines is 1. The van der Waals surface area contributed by atoms with Gasteiger partial charge in [0, 0.05) is 12.1 Å². The predicted molar refractivity (Wildman–Crippen MR) is 65.3 cm³/mol. The van der Waals surface area contributed by atoms with E-state index in [9.17, 15) is 9.18 Å². The van der Waals surface area contributed by atoms with Gasteiger partial charge in [0.05, 0.1) is 5.52 Å². The van der Waals surface area contributed by atoms with Crippen LogP contribution in [0.25, 0.3) is 10.9 Å². The quantitative estimate of drug-likeness (QED) is 0.888. The van der Waals surface area contributed by atoms with Crippen LogP contribution in [0.1, 0.15) is 25.3 Å². The fourth-order valence-electron chi connectivity index (χ4n) is 1.84. The SMILES string of the molecule is CC(C)c1cc2ccc(=O)[nH]c2cc1OCF. The number of fused-ring (bicyclic) bond motifs is 1. The third-order valence-corrected chi connectivity index (χ3v) is 2.69. The van der Waals surface area contributed by atoms with Crippen molar-refractivity contribution in [1.29, 1.82) is 0 Å². The van der Waals surface area contributed by atoms with Gasteiger partial charge >= 0.3 is 0 Å². The standard InChI is InChI=1S/C13H14FNO2/c1-8(2)10-5-9-3-4-13(16)15-11(9)6-12(10)17-7-14/h3-6,8H,7H2,1-2H3,(H,15,16). The first kappa shape index (κ1) is 11.6. The second kappa shape index (κ2) is 4.57. The molecule has 1 aromatic carbocycles. The number of alkyl halides is 1. The van der Waals surface area contributed by atoms with Crippen LogP contribution >= 0.6 is 0 Å². The van der Waals surface area contributed by atoms with Crippen molar-refractivity contribution in [3.05, 3.63) is 40.2 Å². The highest BCUT2D eigenvalue weighted by Gasteiger charge is 2.10. The van der Waals surface area contributed by atoms with Gasteiger partial charge in [-0.2, -0.15) is 0 Å². The van der Waals surface area contributed by atoms with Crippen LogP contribution in [0.15, 0.2) is 29.1 Å². The fourth-order valence-corrected chi connectivity index (χ4v) is 1.84. The van der Waals surface area contributed by atoms with Crippen molar-refractivity contribution >= 4 is 10.9 Å². The number of benzene rings is 1. The highest BCUT2D eigenvalue weighted by atomic mass is 19.1. The van der Waals surface area contributed by atoms with Gasteiger partial charge in [-0.15, -0.1) is 0 Å². The zero-order valence-corrected chi connectivity index (χ0v) is 9.79. The van der Waals surface area contributed by atoms with E-state index in [-0.39, 0.29) is 11.5 Å². The summed E-state index contributed by atoms with van der Waals surface area (Å²) in [6.45, 7) is 3.15. The summed E-state index contributed by atoms with van der Waals surface area (Å²) in [5.74, 6) is 0.713. The molecule has 0 fully saturated rings. The number of aromatic nitrogens is 1. The normalized spacial score (nSPS) is 11.1. The lowest BCUT2D eigenvalue weighted by molar-refractivity contribution is 0.190. The number of halogens is 1. The van der Waals surface area contributed by atoms with E-state index in [1.165, 1.54) is 6.07 Å². The van der Waals surface area contributed by atoms with E-state index >= 15 is 0 Å². The Kier molecular flexibility index (Phi) is 3.13. The Morgan fingerprint density at radius 3 is 2.76 bits per heavy atom. The monoisotopic (exact) mass is 235 g/mol. The minimum atomic E-state index is -0.873. The topological polar surface area (TPSA) is 42.1 Å². The Hall–Kier alpha value is -1.84. The molecule has 0 spiro atoms. The summed E-state index contributed by atoms with van der Waals surface area (Å²) in [6, 6.07) is 6.81. The van der Waals surface area contributed by atoms with Crippen LogP contribution in [-0.4, -0.2) is 11.8 Å². The van der Waals surface area contributed by atoms with E-state index in [2.05, 4.69) is 4.98 Å². The average molecular weight is 235 g/mol. The van der Waals surface area contributed by atoms with E-state index in [4.69, 9.17) is 4.74 Å². The molecule has 0 atom stereocenters. The number of hydrogen-bond donors (Lipinski definition) is 1. The summed E-state index contributed by atoms with van der Waals surface area (Å²) in [5.41, 5.74) is 1.41. The largest absolute Gasteiger partial charge is 0.463 e. The Labute approximate surface area is 98.2 Å². The van der Waals surface area contributed by atoms with Gasteiger partial charge in [-0.1, -0.05) is 13.8 Å². The van der Waals surface area contributed by atoms with Gasteiger partial charge in [0.15, 0.2) is 0 Å². The second-order valence-corrected chi connectivity index (χ2v) is 4.21. The molecule has 1 heterocycles. The molecule has 1 N–H and O–H groups in total. The van der Waals surface area contributed by atoms with Crippen molar-refractivity contribution in [3.8, 4) is 5.75 Å². The van der Waals surface area contributed by atoms with Crippen molar-refractivity contribution in [1.82, 2.24) is 4.98 Å². The molecule has 2 aromatic rings. The second-order valence-electron chi connectivity index (χ2n) is 4.21. The Morgan fingerprint density at radius 1 is 1.35 bits per heavy atom. The van der Waals surface area contributed by atoms with Crippen LogP contribution in [0.2, 0.25) is 0 Å². The molecule has 0 bridgehead atoms. The Morgan fingerprint density at radius 2 is 2.12 bits per heavy atom. The van der Waals surface area contributed by atoms with Crippen molar-refractivity contribution in [2.24, 2.45) is 0 Å². The van der Waals surface area contributed by atoms with Crippen LogP contribution in [0.4, 0.5) is 4.39 Å². The first-order chi connectivity index (χ1) is 8.11. The fraction of sp³-hybridized carbons (Fsp3) is 0.308. The van der Waals surface area contributed by atoms with Crippen molar-refractivity contribution < 1.29 is 9.13 Å². The molecule has 2 rings (SSSR count). The number of pyridine rings is 1. The maximum Gasteiger partial charge on any atom is 0.248 e. The average Bonchev–Trinajstić information content (AvgIpc) is 2.28. The predicted octanol–water partition coefficient (Wildman–Crippen LogP) is 2.96. The van der Waals surface area contributed by atoms with E-state index in [1.807, 2.05) is 19.9 Å². The van der Waals surface area contributed by atoms with Crippen LogP contribution in [0, 0.1) is 0 Å². The first-order valence-electron chi connectivity index (χ1n) is 5.47. The van der Waals surface area contributed by atoms with Gasteiger partial charge in [-0.05, 0) is 29.0 Å². The lowest BCUT2D eigenvalue weighted by Gasteiger charge is -2.13. The van der Waals surface area contributed by atoms with Crippen LogP contribution in [0.5, 0.6) is 5.75 Å². The molecule has 0 amide bonds. The zero-order valence-electron chi connectivity index (χ0n) is 9.79. The summed E-state index contributed by atoms with van der Waals surface area (Å²) in [7, 11) is 0. The zero-order chi connectivity index (χ0) is 12.4. The lowest BCUT2D eigenvalue weighted by atomic mass is 10.00. The molecule has 0 unspecified atom stereocenters. The molecule has 0 saturated heterocycles. The molecule has 17 heavy (non-hydrogen) atoms. The molecule has 0 aliphatic carbocycles. The smallest absolute Gasteiger partial charge is 0.248 e. The number of nitrogens with one attached hydrogen (secondary N) is 1. The molecule has 0 saturated carbocycles. The minimum absolute atomic E-state index is 0.180. The van der Waals surface area contributed by atoms with Gasteiger partial charge in [0.1, 0.15) is 5.75 Å². The number of H-pyrrole nitrogens is 1. The molecular formula is C13H14FNO2. The lowest BCUT2D eigenvalue weighted by Crippen LogP contribution is -2.04. The van der Waals surface area contributed by atoms with Gasteiger partial charge < -0.3 is 9.72 Å². The van der Waals surface area contributed by atoms with E-state index in [1.54, 1.807) is 12.1 Å². The van der Waals surface area contributed by atoms with Gasteiger partial charge in [-0.25, -0.2) is 4.39 Å². The summed E-state index contributed by atoms with van der Waals surface area (Å²) < 4.78 is 17.3. The summed E-state index contributed by atoms with van der Waals surface area (Å²) in [4.78, 5) is 13.9. The third-order valence-electron chi connectivity index (χ3n) is 2.69. The molecule has 1 aromatic heterocycles. The van der Waals surface area contributed by atoms with Crippen molar-refractivity contribution in [2.75, 3.05) is 6.86 Å². The highest BCUT2D eigenvalue weighted by Crippen LogP contribution is 2.30. The molecule has 0 aliphatic heterocycles. The Bertz CT molecular complexity index is 589. The highest BCUT2D eigenvalue weighted by molar-refractivity contribution is 5.81. The molecule has 3 nitrogen and oxygen atoms in total. The summed E-state index contributed by atoms with van der Waals surface area (Å²) >= 11 is 0. The number of ether oxygens (including phenoxy) is 1. The maximum atomic E-state index is 12.3. The molecule has 0 radical (unpaired) electrons. The Balaban J connectivity index is 2.67. The first-order valence-corrected chi connectivity index (χ1v) is 5.47. The van der Waals surface area contributed by atoms with E-state index in [0.717, 1.165) is 10.9 Å². The summed E-state index contributed by atoms with van der Waals surface area (Å²) in [5, 5.41) is 0.916. The molecule has 90 valence electrons. The van der Waals surface area contributed by atoms with Gasteiger partial charge in [0.2, 0.25) is 12.4 Å². The molecule has 0 aliphatic rings. The van der Waals surface area contributed by atoms with Crippen LogP contribution in [-0.2, 0) is 0 Å². The van der Waals surface area contributed by atoms with Gasteiger partial charge in [-0.3, -0.25) is 4.79 Å². The van der Waals surface area contributed by atoms with Gasteiger partial charge in [0.25, 0.3) is 0 Å². The van der Waals surface area contributed by atoms with Crippen LogP contribution < -0.4 is 10.3 Å². The number of rotatable bonds is 3. The minimum Gasteiger partial charge on any atom is -0.463 e. The summed E-state index contributed by atoms with van der Waals surface area (Å²) in [6.07, 6.45) is 0. The van der Waals surface area contributed by atoms with E-state index < -0.39 is 6.86 Å². The van der Waals surface area contributed by atoms with Crippen molar-refractivity contribution in [3.63, 3.8) is 0 Å². The van der Waals surface area contributed by atoms with Crippen LogP contribution in [0.3, 0.4) is 0 Å². The van der Waals surface area contributed by atoms with Crippen molar-refractivity contribution in [2.45, 2.75) is 19.8 Å².